The molecule has 1 aromatic heterocycles. The van der Waals surface area contributed by atoms with E-state index in [9.17, 15) is 9.90 Å². The number of hydrogen-bond donors (Lipinski definition) is 2. The second-order valence-corrected chi connectivity index (χ2v) is 6.33. The van der Waals surface area contributed by atoms with E-state index < -0.39 is 6.10 Å². The van der Waals surface area contributed by atoms with Gasteiger partial charge in [0.1, 0.15) is 17.6 Å². The van der Waals surface area contributed by atoms with E-state index in [0.717, 1.165) is 24.4 Å². The molecule has 2 N–H and O–H groups in total. The lowest BCUT2D eigenvalue weighted by atomic mass is 10.2. The molecule has 1 atom stereocenters. The van der Waals surface area contributed by atoms with Crippen molar-refractivity contribution in [2.75, 3.05) is 39.8 Å². The number of carbonyl (C=O) groups excluding carboxylic acids is 1. The quantitative estimate of drug-likeness (QED) is 0.823. The zero-order chi connectivity index (χ0) is 18.4. The maximum absolute atomic E-state index is 12.3. The SMILES string of the molecule is COc1ccc(CNC(=O)N2CCN(C[C@@H](O)c3ccco3)CC2)cc1. The zero-order valence-electron chi connectivity index (χ0n) is 14.9. The Morgan fingerprint density at radius 3 is 2.58 bits per heavy atom. The molecular formula is C19H25N3O4. The van der Waals surface area contributed by atoms with Crippen LogP contribution in [0.4, 0.5) is 4.79 Å². The van der Waals surface area contributed by atoms with E-state index in [1.165, 1.54) is 0 Å². The van der Waals surface area contributed by atoms with Crippen LogP contribution in [0, 0.1) is 0 Å². The summed E-state index contributed by atoms with van der Waals surface area (Å²) in [6.45, 7) is 3.73. The standard InChI is InChI=1S/C19H25N3O4/c1-25-16-6-4-15(5-7-16)13-20-19(24)22-10-8-21(9-11-22)14-17(23)18-3-2-12-26-18/h2-7,12,17,23H,8-11,13-14H2,1H3,(H,20,24)/t17-/m1/s1. The van der Waals surface area contributed by atoms with Crippen molar-refractivity contribution in [1.29, 1.82) is 0 Å². The van der Waals surface area contributed by atoms with Crippen molar-refractivity contribution in [1.82, 2.24) is 15.1 Å². The van der Waals surface area contributed by atoms with Crippen LogP contribution >= 0.6 is 0 Å². The lowest BCUT2D eigenvalue weighted by Gasteiger charge is -2.35. The Bertz CT molecular complexity index is 679. The molecule has 0 aliphatic carbocycles. The first-order valence-corrected chi connectivity index (χ1v) is 8.75. The van der Waals surface area contributed by atoms with Gasteiger partial charge in [0.2, 0.25) is 0 Å². The molecule has 26 heavy (non-hydrogen) atoms. The highest BCUT2D eigenvalue weighted by atomic mass is 16.5. The second-order valence-electron chi connectivity index (χ2n) is 6.33. The summed E-state index contributed by atoms with van der Waals surface area (Å²) in [5.41, 5.74) is 1.03. The van der Waals surface area contributed by atoms with Crippen molar-refractivity contribution in [2.24, 2.45) is 0 Å². The minimum Gasteiger partial charge on any atom is -0.497 e. The fourth-order valence-electron chi connectivity index (χ4n) is 2.98. The third-order valence-corrected chi connectivity index (χ3v) is 4.57. The molecule has 7 nitrogen and oxygen atoms in total. The molecule has 0 bridgehead atoms. The molecule has 0 radical (unpaired) electrons. The van der Waals surface area contributed by atoms with Gasteiger partial charge in [0.25, 0.3) is 0 Å². The van der Waals surface area contributed by atoms with Gasteiger partial charge < -0.3 is 24.5 Å². The number of hydrogen-bond acceptors (Lipinski definition) is 5. The van der Waals surface area contributed by atoms with E-state index in [0.29, 0.717) is 31.9 Å². The maximum atomic E-state index is 12.3. The van der Waals surface area contributed by atoms with Crippen LogP contribution < -0.4 is 10.1 Å². The number of ether oxygens (including phenoxy) is 1. The molecule has 140 valence electrons. The molecule has 2 aromatic rings. The number of nitrogens with one attached hydrogen (secondary N) is 1. The molecule has 0 unspecified atom stereocenters. The predicted octanol–water partition coefficient (Wildman–Crippen LogP) is 1.85. The average Bonchev–Trinajstić information content (AvgIpc) is 3.22. The third-order valence-electron chi connectivity index (χ3n) is 4.57. The van der Waals surface area contributed by atoms with E-state index in [4.69, 9.17) is 9.15 Å². The largest absolute Gasteiger partial charge is 0.497 e. The number of carbonyl (C=O) groups is 1. The number of aliphatic hydroxyl groups is 1. The van der Waals surface area contributed by atoms with Crippen molar-refractivity contribution in [3.05, 3.63) is 54.0 Å². The summed E-state index contributed by atoms with van der Waals surface area (Å²) in [7, 11) is 1.63. The molecular weight excluding hydrogens is 334 g/mol. The summed E-state index contributed by atoms with van der Waals surface area (Å²) in [6.07, 6.45) is 0.921. The molecule has 1 fully saturated rings. The number of methoxy groups -OCH3 is 1. The fourth-order valence-corrected chi connectivity index (χ4v) is 2.98. The number of furan rings is 1. The number of benzene rings is 1. The van der Waals surface area contributed by atoms with Crippen LogP contribution in [0.25, 0.3) is 0 Å². The minimum absolute atomic E-state index is 0.0629. The zero-order valence-corrected chi connectivity index (χ0v) is 14.9. The Kier molecular flexibility index (Phi) is 6.14. The molecule has 7 heteroatoms. The number of urea groups is 1. The van der Waals surface area contributed by atoms with Crippen LogP contribution in [0.5, 0.6) is 5.75 Å². The predicted molar refractivity (Wildman–Crippen MR) is 96.9 cm³/mol. The number of amides is 2. The first-order valence-electron chi connectivity index (χ1n) is 8.75. The van der Waals surface area contributed by atoms with Crippen LogP contribution in [0.3, 0.4) is 0 Å². The number of β-amino-alcohol motifs (C(OH)–C–C–N with tert-alkyl or cyclic N) is 1. The molecule has 1 aliphatic rings. The van der Waals surface area contributed by atoms with Crippen molar-refractivity contribution < 1.29 is 19.1 Å². The fraction of sp³-hybridized carbons (Fsp3) is 0.421. The van der Waals surface area contributed by atoms with Crippen molar-refractivity contribution >= 4 is 6.03 Å². The highest BCUT2D eigenvalue weighted by Crippen LogP contribution is 2.16. The van der Waals surface area contributed by atoms with Gasteiger partial charge in [0.05, 0.1) is 13.4 Å². The van der Waals surface area contributed by atoms with Gasteiger partial charge in [-0.25, -0.2) is 4.79 Å². The Morgan fingerprint density at radius 1 is 1.23 bits per heavy atom. The van der Waals surface area contributed by atoms with E-state index in [2.05, 4.69) is 10.2 Å². The van der Waals surface area contributed by atoms with Gasteiger partial charge in [0.15, 0.2) is 0 Å². The number of aliphatic hydroxyl groups excluding tert-OH is 1. The smallest absolute Gasteiger partial charge is 0.317 e. The first-order chi connectivity index (χ1) is 12.7. The summed E-state index contributed by atoms with van der Waals surface area (Å²) in [5.74, 6) is 1.37. The lowest BCUT2D eigenvalue weighted by molar-refractivity contribution is 0.0691. The third kappa shape index (κ3) is 4.77. The van der Waals surface area contributed by atoms with Crippen LogP contribution in [0.15, 0.2) is 47.1 Å². The van der Waals surface area contributed by atoms with Gasteiger partial charge in [-0.2, -0.15) is 0 Å². The van der Waals surface area contributed by atoms with Crippen LogP contribution in [0.1, 0.15) is 17.4 Å². The maximum Gasteiger partial charge on any atom is 0.317 e. The van der Waals surface area contributed by atoms with Gasteiger partial charge in [-0.1, -0.05) is 12.1 Å². The molecule has 1 aromatic carbocycles. The molecule has 2 amide bonds. The topological polar surface area (TPSA) is 78.2 Å². The summed E-state index contributed by atoms with van der Waals surface area (Å²) < 4.78 is 10.4. The van der Waals surface area contributed by atoms with E-state index in [-0.39, 0.29) is 6.03 Å². The summed E-state index contributed by atoms with van der Waals surface area (Å²) in [5, 5.41) is 13.1. The van der Waals surface area contributed by atoms with E-state index >= 15 is 0 Å². The van der Waals surface area contributed by atoms with Crippen LogP contribution in [-0.4, -0.2) is 60.8 Å². The number of nitrogens with zero attached hydrogens (tertiary/aromatic N) is 2. The monoisotopic (exact) mass is 359 g/mol. The minimum atomic E-state index is -0.638. The summed E-state index contributed by atoms with van der Waals surface area (Å²) in [6, 6.07) is 11.1. The average molecular weight is 359 g/mol. The molecule has 0 saturated carbocycles. The van der Waals surface area contributed by atoms with Gasteiger partial charge in [-0.3, -0.25) is 4.90 Å². The van der Waals surface area contributed by atoms with Gasteiger partial charge in [-0.05, 0) is 29.8 Å². The highest BCUT2D eigenvalue weighted by Gasteiger charge is 2.23. The number of rotatable bonds is 6. The Morgan fingerprint density at radius 2 is 1.96 bits per heavy atom. The molecule has 0 spiro atoms. The van der Waals surface area contributed by atoms with Crippen molar-refractivity contribution in [3.8, 4) is 5.75 Å². The van der Waals surface area contributed by atoms with E-state index in [1.807, 2.05) is 24.3 Å². The Balaban J connectivity index is 1.40. The molecule has 3 rings (SSSR count). The Labute approximate surface area is 153 Å². The summed E-state index contributed by atoms with van der Waals surface area (Å²) >= 11 is 0. The number of piperazine rings is 1. The van der Waals surface area contributed by atoms with Crippen molar-refractivity contribution in [3.63, 3.8) is 0 Å². The first kappa shape index (κ1) is 18.3. The summed E-state index contributed by atoms with van der Waals surface area (Å²) in [4.78, 5) is 16.3. The van der Waals surface area contributed by atoms with Crippen LogP contribution in [0.2, 0.25) is 0 Å². The highest BCUT2D eigenvalue weighted by molar-refractivity contribution is 5.74. The normalized spacial score (nSPS) is 16.3. The van der Waals surface area contributed by atoms with Gasteiger partial charge in [-0.15, -0.1) is 0 Å². The van der Waals surface area contributed by atoms with Crippen LogP contribution in [-0.2, 0) is 6.54 Å². The van der Waals surface area contributed by atoms with Gasteiger partial charge >= 0.3 is 6.03 Å². The second kappa shape index (κ2) is 8.73. The van der Waals surface area contributed by atoms with Crippen molar-refractivity contribution in [2.45, 2.75) is 12.6 Å². The molecule has 1 saturated heterocycles. The van der Waals surface area contributed by atoms with E-state index in [1.54, 1.807) is 30.4 Å². The van der Waals surface area contributed by atoms with Gasteiger partial charge in [0, 0.05) is 39.3 Å². The lowest BCUT2D eigenvalue weighted by Crippen LogP contribution is -2.52. The molecule has 1 aliphatic heterocycles. The Hall–Kier alpha value is -2.51. The molecule has 2 heterocycles.